The molecule has 2 aromatic heterocycles. The zero-order valence-corrected chi connectivity index (χ0v) is 21.3. The molecular weight excluding hydrogens is 465 g/mol. The van der Waals surface area contributed by atoms with Crippen LogP contribution in [-0.4, -0.2) is 59.2 Å². The third-order valence-corrected chi connectivity index (χ3v) is 7.45. The molecule has 2 bridgehead atoms. The van der Waals surface area contributed by atoms with Gasteiger partial charge < -0.3 is 24.3 Å². The predicted molar refractivity (Wildman–Crippen MR) is 131 cm³/mol. The van der Waals surface area contributed by atoms with E-state index in [0.29, 0.717) is 48.7 Å². The van der Waals surface area contributed by atoms with E-state index in [9.17, 15) is 9.18 Å². The minimum Gasteiger partial charge on any atom is -0.472 e. The SMILES string of the molecule is CC(C)(C)OC(=O)NC12CCC(CCc3c(F)cnc4ccc(OC5CCOC5)nc34)C(CC1)OC2. The molecule has 0 spiro atoms. The lowest BCUT2D eigenvalue weighted by molar-refractivity contribution is -0.0471. The molecule has 9 heteroatoms. The summed E-state index contributed by atoms with van der Waals surface area (Å²) in [7, 11) is 0. The summed E-state index contributed by atoms with van der Waals surface area (Å²) in [5.41, 5.74) is 0.814. The number of aryl methyl sites for hydroxylation is 1. The fourth-order valence-corrected chi connectivity index (χ4v) is 5.56. The number of aromatic nitrogens is 2. The molecule has 2 aromatic rings. The van der Waals surface area contributed by atoms with E-state index < -0.39 is 17.2 Å². The highest BCUT2D eigenvalue weighted by molar-refractivity contribution is 5.78. The second-order valence-corrected chi connectivity index (χ2v) is 11.3. The quantitative estimate of drug-likeness (QED) is 0.612. The number of pyridine rings is 2. The van der Waals surface area contributed by atoms with Crippen LogP contribution in [0.5, 0.6) is 5.88 Å². The molecule has 1 saturated carbocycles. The first-order chi connectivity index (χ1) is 17.2. The van der Waals surface area contributed by atoms with Gasteiger partial charge in [0.25, 0.3) is 0 Å². The first kappa shape index (κ1) is 25.1. The van der Waals surface area contributed by atoms with Gasteiger partial charge >= 0.3 is 6.09 Å². The van der Waals surface area contributed by atoms with Gasteiger partial charge in [0.05, 0.1) is 48.7 Å². The number of fused-ring (bicyclic) bond motifs is 5. The highest BCUT2D eigenvalue weighted by Gasteiger charge is 2.44. The van der Waals surface area contributed by atoms with Gasteiger partial charge in [0, 0.05) is 18.1 Å². The van der Waals surface area contributed by atoms with Crippen LogP contribution in [-0.2, 0) is 20.6 Å². The summed E-state index contributed by atoms with van der Waals surface area (Å²) in [5.74, 6) is 0.393. The van der Waals surface area contributed by atoms with Gasteiger partial charge in [-0.15, -0.1) is 0 Å². The molecule has 0 aromatic carbocycles. The smallest absolute Gasteiger partial charge is 0.408 e. The Labute approximate surface area is 211 Å². The van der Waals surface area contributed by atoms with E-state index in [1.165, 1.54) is 6.20 Å². The van der Waals surface area contributed by atoms with Crippen LogP contribution in [0.4, 0.5) is 9.18 Å². The molecule has 5 heterocycles. The van der Waals surface area contributed by atoms with E-state index >= 15 is 0 Å². The van der Waals surface area contributed by atoms with Crippen molar-refractivity contribution in [1.29, 1.82) is 0 Å². The molecule has 4 fully saturated rings. The average molecular weight is 502 g/mol. The van der Waals surface area contributed by atoms with Gasteiger partial charge in [-0.05, 0) is 71.3 Å². The first-order valence-electron chi connectivity index (χ1n) is 13.0. The monoisotopic (exact) mass is 501 g/mol. The maximum atomic E-state index is 15.0. The molecule has 1 N–H and O–H groups in total. The van der Waals surface area contributed by atoms with Gasteiger partial charge in [0.15, 0.2) is 0 Å². The Morgan fingerprint density at radius 1 is 1.25 bits per heavy atom. The predicted octanol–water partition coefficient (Wildman–Crippen LogP) is 4.72. The number of ether oxygens (including phenoxy) is 4. The molecule has 3 aliphatic heterocycles. The molecule has 1 amide bonds. The van der Waals surface area contributed by atoms with Crippen molar-refractivity contribution in [1.82, 2.24) is 15.3 Å². The fraction of sp³-hybridized carbons (Fsp3) is 0.667. The standard InChI is InChI=1S/C27H36FN3O5/c1-26(2,3)36-25(32)31-27-11-8-17(22(9-12-27)34-16-27)4-5-19-20(28)14-29-21-6-7-23(30-24(19)21)35-18-10-13-33-15-18/h6-7,14,17-18,22H,4-5,8-13,15-16H2,1-3H3,(H,31,32). The molecule has 8 nitrogen and oxygen atoms in total. The minimum atomic E-state index is -0.548. The van der Waals surface area contributed by atoms with Crippen molar-refractivity contribution in [2.24, 2.45) is 5.92 Å². The van der Waals surface area contributed by atoms with Gasteiger partial charge in [-0.3, -0.25) is 4.98 Å². The summed E-state index contributed by atoms with van der Waals surface area (Å²) in [5, 5.41) is 3.09. The van der Waals surface area contributed by atoms with E-state index in [2.05, 4.69) is 15.3 Å². The molecule has 6 rings (SSSR count). The Hall–Kier alpha value is -2.52. The number of carbonyl (C=O) groups is 1. The number of alkyl carbamates (subject to hydrolysis) is 1. The summed E-state index contributed by atoms with van der Waals surface area (Å²) in [6.07, 6.45) is 6.50. The zero-order chi connectivity index (χ0) is 25.3. The summed E-state index contributed by atoms with van der Waals surface area (Å²) < 4.78 is 38.0. The van der Waals surface area contributed by atoms with Gasteiger partial charge in [-0.2, -0.15) is 0 Å². The Morgan fingerprint density at radius 2 is 2.08 bits per heavy atom. The van der Waals surface area contributed by atoms with Crippen molar-refractivity contribution in [2.45, 2.75) is 89.1 Å². The highest BCUT2D eigenvalue weighted by atomic mass is 19.1. The van der Waals surface area contributed by atoms with E-state index in [4.69, 9.17) is 18.9 Å². The highest BCUT2D eigenvalue weighted by Crippen LogP contribution is 2.40. The van der Waals surface area contributed by atoms with Gasteiger partial charge in [-0.25, -0.2) is 14.2 Å². The third-order valence-electron chi connectivity index (χ3n) is 7.45. The Bertz CT molecular complexity index is 1090. The zero-order valence-electron chi connectivity index (χ0n) is 21.3. The molecule has 4 atom stereocenters. The molecule has 4 aliphatic rings. The van der Waals surface area contributed by atoms with E-state index in [1.54, 1.807) is 6.07 Å². The molecule has 1 aliphatic carbocycles. The number of hydrogen-bond acceptors (Lipinski definition) is 7. The van der Waals surface area contributed by atoms with E-state index in [1.807, 2.05) is 26.8 Å². The summed E-state index contributed by atoms with van der Waals surface area (Å²) in [6, 6.07) is 3.61. The molecule has 196 valence electrons. The van der Waals surface area contributed by atoms with Crippen molar-refractivity contribution >= 4 is 17.1 Å². The summed E-state index contributed by atoms with van der Waals surface area (Å²) >= 11 is 0. The normalized spacial score (nSPS) is 28.2. The minimum absolute atomic E-state index is 0.0278. The van der Waals surface area contributed by atoms with Crippen LogP contribution in [0.15, 0.2) is 18.3 Å². The van der Waals surface area contributed by atoms with Gasteiger partial charge in [-0.1, -0.05) is 0 Å². The average Bonchev–Trinajstić information content (AvgIpc) is 3.20. The number of hydrogen-bond donors (Lipinski definition) is 1. The molecule has 0 radical (unpaired) electrons. The number of amides is 1. The van der Waals surface area contributed by atoms with Gasteiger partial charge in [0.1, 0.15) is 17.5 Å². The van der Waals surface area contributed by atoms with Crippen molar-refractivity contribution in [3.63, 3.8) is 0 Å². The van der Waals surface area contributed by atoms with Crippen LogP contribution in [0, 0.1) is 11.7 Å². The van der Waals surface area contributed by atoms with Crippen LogP contribution in [0.1, 0.15) is 64.9 Å². The Morgan fingerprint density at radius 3 is 2.81 bits per heavy atom. The van der Waals surface area contributed by atoms with Crippen molar-refractivity contribution in [3.8, 4) is 5.88 Å². The number of rotatable bonds is 6. The maximum absolute atomic E-state index is 15.0. The van der Waals surface area contributed by atoms with Gasteiger partial charge in [0.2, 0.25) is 5.88 Å². The topological polar surface area (TPSA) is 91.8 Å². The lowest BCUT2D eigenvalue weighted by atomic mass is 9.90. The molecule has 3 saturated heterocycles. The number of halogens is 1. The molecule has 4 unspecified atom stereocenters. The Kier molecular flexibility index (Phi) is 7.05. The van der Waals surface area contributed by atoms with Crippen LogP contribution in [0.2, 0.25) is 0 Å². The number of carbonyl (C=O) groups excluding carboxylic acids is 1. The third kappa shape index (κ3) is 5.72. The van der Waals surface area contributed by atoms with Crippen molar-refractivity contribution < 1.29 is 28.1 Å². The van der Waals surface area contributed by atoms with Crippen LogP contribution >= 0.6 is 0 Å². The van der Waals surface area contributed by atoms with E-state index in [0.717, 1.165) is 38.5 Å². The lowest BCUT2D eigenvalue weighted by Crippen LogP contribution is -2.54. The largest absolute Gasteiger partial charge is 0.472 e. The summed E-state index contributed by atoms with van der Waals surface area (Å²) in [6.45, 7) is 7.27. The van der Waals surface area contributed by atoms with Crippen LogP contribution in [0.3, 0.4) is 0 Å². The first-order valence-corrected chi connectivity index (χ1v) is 13.0. The van der Waals surface area contributed by atoms with Crippen molar-refractivity contribution in [3.05, 3.63) is 29.7 Å². The summed E-state index contributed by atoms with van der Waals surface area (Å²) in [4.78, 5) is 21.3. The molecule has 36 heavy (non-hydrogen) atoms. The Balaban J connectivity index is 1.27. The fourth-order valence-electron chi connectivity index (χ4n) is 5.56. The van der Waals surface area contributed by atoms with Crippen LogP contribution < -0.4 is 10.1 Å². The maximum Gasteiger partial charge on any atom is 0.408 e. The second-order valence-electron chi connectivity index (χ2n) is 11.3. The van der Waals surface area contributed by atoms with E-state index in [-0.39, 0.29) is 23.9 Å². The van der Waals surface area contributed by atoms with Crippen molar-refractivity contribution in [2.75, 3.05) is 19.8 Å². The molecular formula is C27H36FN3O5. The number of nitrogens with one attached hydrogen (secondary N) is 1. The number of nitrogens with zero attached hydrogens (tertiary/aromatic N) is 2. The van der Waals surface area contributed by atoms with Crippen LogP contribution in [0.25, 0.3) is 11.0 Å². The lowest BCUT2D eigenvalue weighted by Gasteiger charge is -2.38. The second kappa shape index (κ2) is 10.1.